The standard InChI is InChI=1S/C19H18ClN5O2S/c1-11(13-6-5-7-14(10-13)28(21,26)27)22-18-15-8-3-4-9-16(15)25-19(23-18)17(20)12(2)24-25/h3-11H,1-2H3,(H,22,23)(H2,21,26,27)/t11-/m1/s1. The summed E-state index contributed by atoms with van der Waals surface area (Å²) in [6.45, 7) is 3.76. The second-order valence-electron chi connectivity index (χ2n) is 6.60. The number of hydrogen-bond acceptors (Lipinski definition) is 5. The van der Waals surface area contributed by atoms with Gasteiger partial charge in [-0.1, -0.05) is 35.9 Å². The summed E-state index contributed by atoms with van der Waals surface area (Å²) in [5.74, 6) is 0.637. The van der Waals surface area contributed by atoms with Crippen molar-refractivity contribution in [3.8, 4) is 0 Å². The van der Waals surface area contributed by atoms with Crippen molar-refractivity contribution in [2.24, 2.45) is 5.14 Å². The summed E-state index contributed by atoms with van der Waals surface area (Å²) in [6, 6.07) is 14.1. The predicted octanol–water partition coefficient (Wildman–Crippen LogP) is 3.66. The van der Waals surface area contributed by atoms with Gasteiger partial charge in [-0.15, -0.1) is 0 Å². The molecule has 7 nitrogen and oxygen atoms in total. The smallest absolute Gasteiger partial charge is 0.238 e. The third-order valence-corrected chi connectivity index (χ3v) is 5.96. The number of fused-ring (bicyclic) bond motifs is 3. The quantitative estimate of drug-likeness (QED) is 0.529. The molecule has 0 bridgehead atoms. The highest BCUT2D eigenvalue weighted by atomic mass is 35.5. The Morgan fingerprint density at radius 3 is 2.68 bits per heavy atom. The molecule has 3 N–H and O–H groups in total. The SMILES string of the molecule is Cc1nn2c(nc(N[C@H](C)c3cccc(S(N)(=O)=O)c3)c3ccccc32)c1Cl. The maximum atomic E-state index is 11.6. The summed E-state index contributed by atoms with van der Waals surface area (Å²) in [4.78, 5) is 4.75. The predicted molar refractivity (Wildman–Crippen MR) is 110 cm³/mol. The summed E-state index contributed by atoms with van der Waals surface area (Å²) in [5, 5.41) is 14.5. The Morgan fingerprint density at radius 2 is 1.93 bits per heavy atom. The number of aryl methyl sites for hydroxylation is 1. The minimum atomic E-state index is -3.77. The van der Waals surface area contributed by atoms with Gasteiger partial charge in [0.2, 0.25) is 10.0 Å². The molecular weight excluding hydrogens is 398 g/mol. The molecule has 4 aromatic rings. The van der Waals surface area contributed by atoms with Crippen molar-refractivity contribution in [2.75, 3.05) is 5.32 Å². The highest BCUT2D eigenvalue weighted by Gasteiger charge is 2.17. The van der Waals surface area contributed by atoms with Crippen molar-refractivity contribution in [3.63, 3.8) is 0 Å². The van der Waals surface area contributed by atoms with Crippen molar-refractivity contribution in [2.45, 2.75) is 24.8 Å². The van der Waals surface area contributed by atoms with Crippen molar-refractivity contribution < 1.29 is 8.42 Å². The first-order valence-corrected chi connectivity index (χ1v) is 10.5. The van der Waals surface area contributed by atoms with Crippen molar-refractivity contribution in [1.82, 2.24) is 14.6 Å². The van der Waals surface area contributed by atoms with Crippen molar-refractivity contribution in [3.05, 3.63) is 64.8 Å². The highest BCUT2D eigenvalue weighted by Crippen LogP contribution is 2.30. The van der Waals surface area contributed by atoms with Crippen LogP contribution in [0.4, 0.5) is 5.82 Å². The molecule has 0 unspecified atom stereocenters. The molecule has 2 aromatic carbocycles. The third kappa shape index (κ3) is 3.19. The first-order chi connectivity index (χ1) is 13.3. The molecule has 2 heterocycles. The Balaban J connectivity index is 1.82. The maximum Gasteiger partial charge on any atom is 0.238 e. The fraction of sp³-hybridized carbons (Fsp3) is 0.158. The van der Waals surface area contributed by atoms with Crippen LogP contribution in [0.5, 0.6) is 0 Å². The molecule has 0 aliphatic heterocycles. The van der Waals surface area contributed by atoms with Gasteiger partial charge in [-0.05, 0) is 43.7 Å². The molecule has 0 fully saturated rings. The zero-order chi connectivity index (χ0) is 20.1. The lowest BCUT2D eigenvalue weighted by Gasteiger charge is -2.17. The number of aromatic nitrogens is 3. The van der Waals surface area contributed by atoms with Gasteiger partial charge in [0.25, 0.3) is 0 Å². The van der Waals surface area contributed by atoms with Gasteiger partial charge in [0.15, 0.2) is 5.65 Å². The van der Waals surface area contributed by atoms with Crippen LogP contribution in [0.2, 0.25) is 5.02 Å². The average molecular weight is 416 g/mol. The van der Waals surface area contributed by atoms with Gasteiger partial charge in [-0.25, -0.2) is 23.1 Å². The van der Waals surface area contributed by atoms with Crippen LogP contribution in [-0.4, -0.2) is 23.0 Å². The van der Waals surface area contributed by atoms with E-state index in [1.54, 1.807) is 16.6 Å². The summed E-state index contributed by atoms with van der Waals surface area (Å²) < 4.78 is 25.0. The molecule has 9 heteroatoms. The topological polar surface area (TPSA) is 102 Å². The van der Waals surface area contributed by atoms with E-state index in [-0.39, 0.29) is 10.9 Å². The van der Waals surface area contributed by atoms with E-state index in [1.807, 2.05) is 44.2 Å². The van der Waals surface area contributed by atoms with Crippen LogP contribution in [0, 0.1) is 6.92 Å². The fourth-order valence-corrected chi connectivity index (χ4v) is 3.87. The minimum absolute atomic E-state index is 0.0707. The summed E-state index contributed by atoms with van der Waals surface area (Å²) >= 11 is 6.38. The number of sulfonamides is 1. The summed E-state index contributed by atoms with van der Waals surface area (Å²) in [6.07, 6.45) is 0. The number of benzene rings is 2. The fourth-order valence-electron chi connectivity index (χ4n) is 3.14. The molecule has 0 spiro atoms. The Bertz CT molecular complexity index is 1320. The molecule has 2 aromatic heterocycles. The molecule has 0 amide bonds. The lowest BCUT2D eigenvalue weighted by atomic mass is 10.1. The Morgan fingerprint density at radius 1 is 1.18 bits per heavy atom. The number of halogens is 1. The van der Waals surface area contributed by atoms with Gasteiger partial charge >= 0.3 is 0 Å². The Hall–Kier alpha value is -2.68. The van der Waals surface area contributed by atoms with Crippen molar-refractivity contribution >= 4 is 44.0 Å². The van der Waals surface area contributed by atoms with Crippen LogP contribution in [0.25, 0.3) is 16.6 Å². The van der Waals surface area contributed by atoms with E-state index in [2.05, 4.69) is 15.4 Å². The second-order valence-corrected chi connectivity index (χ2v) is 8.54. The molecule has 0 saturated carbocycles. The molecule has 0 saturated heterocycles. The number of primary sulfonamides is 1. The summed E-state index contributed by atoms with van der Waals surface area (Å²) in [7, 11) is -3.77. The average Bonchev–Trinajstić information content (AvgIpc) is 2.96. The van der Waals surface area contributed by atoms with Crippen LogP contribution in [0.1, 0.15) is 24.2 Å². The van der Waals surface area contributed by atoms with Crippen LogP contribution in [0.3, 0.4) is 0 Å². The Kier molecular flexibility index (Phi) is 4.49. The number of hydrogen-bond donors (Lipinski definition) is 2. The van der Waals surface area contributed by atoms with E-state index < -0.39 is 10.0 Å². The van der Waals surface area contributed by atoms with E-state index in [4.69, 9.17) is 16.7 Å². The van der Waals surface area contributed by atoms with Crippen LogP contribution >= 0.6 is 11.6 Å². The highest BCUT2D eigenvalue weighted by molar-refractivity contribution is 7.89. The molecule has 0 aliphatic carbocycles. The lowest BCUT2D eigenvalue weighted by molar-refractivity contribution is 0.597. The number of nitrogens with one attached hydrogen (secondary N) is 1. The van der Waals surface area contributed by atoms with Gasteiger partial charge in [-0.3, -0.25) is 0 Å². The zero-order valence-corrected chi connectivity index (χ0v) is 16.8. The Labute approximate surface area is 167 Å². The number of anilines is 1. The van der Waals surface area contributed by atoms with Crippen LogP contribution < -0.4 is 10.5 Å². The number of nitrogens with zero attached hydrogens (tertiary/aromatic N) is 3. The molecule has 144 valence electrons. The van der Waals surface area contributed by atoms with Gasteiger partial charge in [-0.2, -0.15) is 5.10 Å². The second kappa shape index (κ2) is 6.73. The largest absolute Gasteiger partial charge is 0.363 e. The van der Waals surface area contributed by atoms with E-state index in [0.29, 0.717) is 22.2 Å². The molecule has 0 aliphatic rings. The third-order valence-electron chi connectivity index (χ3n) is 4.61. The van der Waals surface area contributed by atoms with Crippen LogP contribution in [0.15, 0.2) is 53.4 Å². The van der Waals surface area contributed by atoms with Crippen LogP contribution in [-0.2, 0) is 10.0 Å². The first kappa shape index (κ1) is 18.7. The monoisotopic (exact) mass is 415 g/mol. The number of nitrogens with two attached hydrogens (primary N) is 1. The maximum absolute atomic E-state index is 11.6. The van der Waals surface area contributed by atoms with Gasteiger partial charge in [0.05, 0.1) is 22.1 Å². The molecular formula is C19H18ClN5O2S. The van der Waals surface area contributed by atoms with Gasteiger partial charge < -0.3 is 5.32 Å². The molecule has 0 radical (unpaired) electrons. The summed E-state index contributed by atoms with van der Waals surface area (Å²) in [5.41, 5.74) is 2.90. The minimum Gasteiger partial charge on any atom is -0.363 e. The van der Waals surface area contributed by atoms with E-state index >= 15 is 0 Å². The molecule has 4 rings (SSSR count). The van der Waals surface area contributed by atoms with E-state index in [1.165, 1.54) is 6.07 Å². The zero-order valence-electron chi connectivity index (χ0n) is 15.2. The molecule has 28 heavy (non-hydrogen) atoms. The van der Waals surface area contributed by atoms with E-state index in [0.717, 1.165) is 16.5 Å². The number of para-hydroxylation sites is 1. The van der Waals surface area contributed by atoms with Gasteiger partial charge in [0, 0.05) is 5.39 Å². The normalized spacial score (nSPS) is 13.1. The lowest BCUT2D eigenvalue weighted by Crippen LogP contribution is -2.14. The van der Waals surface area contributed by atoms with Crippen molar-refractivity contribution in [1.29, 1.82) is 0 Å². The molecule has 1 atom stereocenters. The first-order valence-electron chi connectivity index (χ1n) is 8.58. The number of rotatable bonds is 4. The van der Waals surface area contributed by atoms with Gasteiger partial charge in [0.1, 0.15) is 10.8 Å². The van der Waals surface area contributed by atoms with E-state index in [9.17, 15) is 8.42 Å².